The van der Waals surface area contributed by atoms with Gasteiger partial charge in [0.1, 0.15) is 5.75 Å². The molecule has 6 nitrogen and oxygen atoms in total. The average Bonchev–Trinajstić information content (AvgIpc) is 2.92. The van der Waals surface area contributed by atoms with Gasteiger partial charge in [0.05, 0.1) is 22.8 Å². The Kier molecular flexibility index (Phi) is 6.06. The van der Waals surface area contributed by atoms with Crippen LogP contribution in [0.15, 0.2) is 52.4 Å². The zero-order valence-electron chi connectivity index (χ0n) is 15.2. The van der Waals surface area contributed by atoms with E-state index in [2.05, 4.69) is 4.99 Å². The number of aromatic carboxylic acids is 1. The molecule has 0 aromatic heterocycles. The monoisotopic (exact) mass is 416 g/mol. The molecular weight excluding hydrogens is 400 g/mol. The van der Waals surface area contributed by atoms with Gasteiger partial charge >= 0.3 is 5.97 Å². The first kappa shape index (κ1) is 20.0. The Bertz CT molecular complexity index is 1000. The maximum absolute atomic E-state index is 12.6. The van der Waals surface area contributed by atoms with Crippen molar-refractivity contribution in [2.45, 2.75) is 6.92 Å². The maximum Gasteiger partial charge on any atom is 0.335 e. The summed E-state index contributed by atoms with van der Waals surface area (Å²) >= 11 is 7.29. The Hall–Kier alpha value is -2.77. The molecular formula is C20H17ClN2O4S. The summed E-state index contributed by atoms with van der Waals surface area (Å²) in [7, 11) is 1.62. The van der Waals surface area contributed by atoms with Gasteiger partial charge in [0.25, 0.3) is 5.91 Å². The van der Waals surface area contributed by atoms with E-state index in [1.54, 1.807) is 43.5 Å². The molecule has 0 unspecified atom stereocenters. The van der Waals surface area contributed by atoms with Crippen molar-refractivity contribution < 1.29 is 19.4 Å². The molecule has 0 atom stereocenters. The van der Waals surface area contributed by atoms with E-state index in [-0.39, 0.29) is 11.5 Å². The van der Waals surface area contributed by atoms with Gasteiger partial charge in [-0.3, -0.25) is 9.69 Å². The molecule has 1 saturated heterocycles. The van der Waals surface area contributed by atoms with Crippen LogP contribution in [-0.2, 0) is 4.79 Å². The molecule has 144 valence electrons. The summed E-state index contributed by atoms with van der Waals surface area (Å²) in [5.74, 6) is -0.605. The summed E-state index contributed by atoms with van der Waals surface area (Å²) in [6, 6.07) is 11.5. The number of amidine groups is 1. The lowest BCUT2D eigenvalue weighted by atomic mass is 10.2. The van der Waals surface area contributed by atoms with E-state index in [9.17, 15) is 9.59 Å². The van der Waals surface area contributed by atoms with Gasteiger partial charge in [-0.25, -0.2) is 9.79 Å². The number of ether oxygens (including phenoxy) is 1. The second-order valence-electron chi connectivity index (χ2n) is 5.84. The van der Waals surface area contributed by atoms with Crippen molar-refractivity contribution in [2.75, 3.05) is 13.7 Å². The second-order valence-corrected chi connectivity index (χ2v) is 7.29. The van der Waals surface area contributed by atoms with Crippen molar-refractivity contribution in [3.05, 3.63) is 63.5 Å². The lowest BCUT2D eigenvalue weighted by molar-refractivity contribution is -0.121. The summed E-state index contributed by atoms with van der Waals surface area (Å²) in [5, 5.41) is 10.1. The van der Waals surface area contributed by atoms with Gasteiger partial charge in [0, 0.05) is 17.6 Å². The van der Waals surface area contributed by atoms with Gasteiger partial charge in [0.2, 0.25) is 0 Å². The summed E-state index contributed by atoms with van der Waals surface area (Å²) in [4.78, 5) is 30.1. The first-order valence-electron chi connectivity index (χ1n) is 8.41. The number of hydrogen-bond donors (Lipinski definition) is 1. The second kappa shape index (κ2) is 8.50. The Balaban J connectivity index is 1.94. The molecule has 1 aliphatic heterocycles. The van der Waals surface area contributed by atoms with Crippen molar-refractivity contribution >= 4 is 52.2 Å². The van der Waals surface area contributed by atoms with Crippen molar-refractivity contribution in [3.63, 3.8) is 0 Å². The van der Waals surface area contributed by atoms with Crippen LogP contribution in [0.4, 0.5) is 5.69 Å². The number of aliphatic imine (C=N–C) groups is 1. The van der Waals surface area contributed by atoms with Crippen LogP contribution in [0.25, 0.3) is 6.08 Å². The zero-order valence-corrected chi connectivity index (χ0v) is 16.8. The third-order valence-corrected chi connectivity index (χ3v) is 5.17. The number of carboxylic acids is 1. The number of halogens is 1. The van der Waals surface area contributed by atoms with E-state index in [4.69, 9.17) is 21.4 Å². The Labute approximate surface area is 171 Å². The number of benzene rings is 2. The summed E-state index contributed by atoms with van der Waals surface area (Å²) in [6.45, 7) is 2.37. The van der Waals surface area contributed by atoms with Gasteiger partial charge in [-0.2, -0.15) is 0 Å². The van der Waals surface area contributed by atoms with Crippen molar-refractivity contribution in [3.8, 4) is 5.75 Å². The molecule has 8 heteroatoms. The smallest absolute Gasteiger partial charge is 0.335 e. The quantitative estimate of drug-likeness (QED) is 0.716. The van der Waals surface area contributed by atoms with Crippen LogP contribution in [-0.4, -0.2) is 40.7 Å². The number of amides is 1. The molecule has 2 aromatic carbocycles. The van der Waals surface area contributed by atoms with Crippen LogP contribution in [0.1, 0.15) is 22.8 Å². The fourth-order valence-corrected chi connectivity index (χ4v) is 3.69. The number of likely N-dealkylation sites (N-methyl/N-ethyl adjacent to an activating group) is 1. The summed E-state index contributed by atoms with van der Waals surface area (Å²) in [6.07, 6.45) is 1.72. The SMILES string of the molecule is CCOc1ccc(Cl)cc1/C=C1/SC(=Nc2cccc(C(=O)O)c2)N(C)C1=O. The summed E-state index contributed by atoms with van der Waals surface area (Å²) in [5.41, 5.74) is 1.30. The highest BCUT2D eigenvalue weighted by Gasteiger charge is 2.30. The number of carbonyl (C=O) groups is 2. The number of carbonyl (C=O) groups excluding carboxylic acids is 1. The van der Waals surface area contributed by atoms with Crippen LogP contribution in [0.5, 0.6) is 5.75 Å². The third-order valence-electron chi connectivity index (χ3n) is 3.88. The molecule has 1 aliphatic rings. The molecule has 1 fully saturated rings. The molecule has 1 N–H and O–H groups in total. The first-order valence-corrected chi connectivity index (χ1v) is 9.60. The van der Waals surface area contributed by atoms with Crippen LogP contribution in [0.2, 0.25) is 5.02 Å². The molecule has 1 amide bonds. The molecule has 1 heterocycles. The van der Waals surface area contributed by atoms with Gasteiger partial charge < -0.3 is 9.84 Å². The molecule has 0 aliphatic carbocycles. The Morgan fingerprint density at radius 3 is 2.82 bits per heavy atom. The first-order chi connectivity index (χ1) is 13.4. The number of carboxylic acid groups (broad SMARTS) is 1. The minimum Gasteiger partial charge on any atom is -0.493 e. The van der Waals surface area contributed by atoms with E-state index in [1.165, 1.54) is 28.8 Å². The predicted octanol–water partition coefficient (Wildman–Crippen LogP) is 4.67. The summed E-state index contributed by atoms with van der Waals surface area (Å²) < 4.78 is 5.60. The Morgan fingerprint density at radius 1 is 1.32 bits per heavy atom. The standard InChI is InChI=1S/C20H17ClN2O4S/c1-3-27-16-8-7-14(21)9-13(16)11-17-18(24)23(2)20(28-17)22-15-6-4-5-12(10-15)19(25)26/h4-11H,3H2,1-2H3,(H,25,26)/b17-11+,22-20?. The van der Waals surface area contributed by atoms with E-state index < -0.39 is 5.97 Å². The topological polar surface area (TPSA) is 79.2 Å². The van der Waals surface area contributed by atoms with E-state index in [1.807, 2.05) is 6.92 Å². The van der Waals surface area contributed by atoms with Crippen molar-refractivity contribution in [2.24, 2.45) is 4.99 Å². The third kappa shape index (κ3) is 4.37. The number of nitrogens with zero attached hydrogens (tertiary/aromatic N) is 2. The number of thioether (sulfide) groups is 1. The normalized spacial score (nSPS) is 16.8. The minimum absolute atomic E-state index is 0.134. The number of rotatable bonds is 5. The average molecular weight is 417 g/mol. The lowest BCUT2D eigenvalue weighted by Gasteiger charge is -2.08. The van der Waals surface area contributed by atoms with E-state index >= 15 is 0 Å². The molecule has 0 saturated carbocycles. The fourth-order valence-electron chi connectivity index (χ4n) is 2.53. The van der Waals surface area contributed by atoms with Crippen LogP contribution in [0, 0.1) is 0 Å². The largest absolute Gasteiger partial charge is 0.493 e. The van der Waals surface area contributed by atoms with Crippen molar-refractivity contribution in [1.82, 2.24) is 4.90 Å². The van der Waals surface area contributed by atoms with Gasteiger partial charge in [-0.15, -0.1) is 0 Å². The van der Waals surface area contributed by atoms with Crippen molar-refractivity contribution in [1.29, 1.82) is 0 Å². The molecule has 2 aromatic rings. The van der Waals surface area contributed by atoms with E-state index in [0.29, 0.717) is 38.7 Å². The van der Waals surface area contributed by atoms with Gasteiger partial charge in [0.15, 0.2) is 5.17 Å². The molecule has 0 radical (unpaired) electrons. The maximum atomic E-state index is 12.6. The number of hydrogen-bond acceptors (Lipinski definition) is 5. The highest BCUT2D eigenvalue weighted by Crippen LogP contribution is 2.35. The highest BCUT2D eigenvalue weighted by atomic mass is 35.5. The molecule has 28 heavy (non-hydrogen) atoms. The zero-order chi connectivity index (χ0) is 20.3. The minimum atomic E-state index is -1.03. The van der Waals surface area contributed by atoms with Crippen LogP contribution >= 0.6 is 23.4 Å². The van der Waals surface area contributed by atoms with Crippen LogP contribution < -0.4 is 4.74 Å². The lowest BCUT2D eigenvalue weighted by Crippen LogP contribution is -2.23. The highest BCUT2D eigenvalue weighted by molar-refractivity contribution is 8.18. The van der Waals surface area contributed by atoms with Gasteiger partial charge in [-0.05, 0) is 61.2 Å². The molecule has 0 spiro atoms. The molecule has 3 rings (SSSR count). The predicted molar refractivity (Wildman–Crippen MR) is 111 cm³/mol. The molecule has 0 bridgehead atoms. The Morgan fingerprint density at radius 2 is 2.11 bits per heavy atom. The van der Waals surface area contributed by atoms with E-state index in [0.717, 1.165) is 0 Å². The fraction of sp³-hybridized carbons (Fsp3) is 0.150. The van der Waals surface area contributed by atoms with Crippen LogP contribution in [0.3, 0.4) is 0 Å². The van der Waals surface area contributed by atoms with Gasteiger partial charge in [-0.1, -0.05) is 17.7 Å².